The van der Waals surface area contributed by atoms with E-state index in [1.165, 1.54) is 24.3 Å². The van der Waals surface area contributed by atoms with Crippen LogP contribution in [0.5, 0.6) is 5.75 Å². The third kappa shape index (κ3) is 1.88. The molecule has 2 heterocycles. The van der Waals surface area contributed by atoms with Crippen LogP contribution < -0.4 is 4.74 Å². The first-order chi connectivity index (χ1) is 7.22. The lowest BCUT2D eigenvalue weighted by Gasteiger charge is -2.07. The fourth-order valence-corrected chi connectivity index (χ4v) is 1.44. The highest BCUT2D eigenvalue weighted by molar-refractivity contribution is 6.31. The van der Waals surface area contributed by atoms with Crippen molar-refractivity contribution in [2.75, 3.05) is 7.11 Å². The first-order valence-electron chi connectivity index (χ1n) is 3.97. The Morgan fingerprint density at radius 2 is 2.13 bits per heavy atom. The van der Waals surface area contributed by atoms with Crippen LogP contribution in [0.2, 0.25) is 10.2 Å². The van der Waals surface area contributed by atoms with E-state index in [0.717, 1.165) is 0 Å². The van der Waals surface area contributed by atoms with Gasteiger partial charge in [0.1, 0.15) is 6.33 Å². The van der Waals surface area contributed by atoms with Crippen molar-refractivity contribution in [1.82, 2.24) is 19.7 Å². The maximum absolute atomic E-state index is 5.84. The molecule has 0 unspecified atom stereocenters. The fourth-order valence-electron chi connectivity index (χ4n) is 1.10. The van der Waals surface area contributed by atoms with Crippen molar-refractivity contribution < 1.29 is 4.74 Å². The van der Waals surface area contributed by atoms with E-state index in [-0.39, 0.29) is 5.15 Å². The van der Waals surface area contributed by atoms with Gasteiger partial charge in [0, 0.05) is 0 Å². The Morgan fingerprint density at radius 3 is 2.73 bits per heavy atom. The minimum Gasteiger partial charge on any atom is -0.490 e. The van der Waals surface area contributed by atoms with Crippen LogP contribution in [0.15, 0.2) is 18.7 Å². The maximum atomic E-state index is 5.84. The normalized spacial score (nSPS) is 10.3. The Balaban J connectivity index is 2.57. The lowest BCUT2D eigenvalue weighted by molar-refractivity contribution is 0.407. The van der Waals surface area contributed by atoms with E-state index < -0.39 is 0 Å². The predicted octanol–water partition coefficient (Wildman–Crippen LogP) is 1.98. The van der Waals surface area contributed by atoms with E-state index in [4.69, 9.17) is 27.9 Å². The van der Waals surface area contributed by atoms with Gasteiger partial charge in [-0.1, -0.05) is 23.2 Å². The van der Waals surface area contributed by atoms with Crippen LogP contribution in [-0.2, 0) is 0 Å². The van der Waals surface area contributed by atoms with Crippen LogP contribution in [0.4, 0.5) is 0 Å². The molecule has 0 aromatic carbocycles. The second-order valence-corrected chi connectivity index (χ2v) is 3.42. The van der Waals surface area contributed by atoms with Crippen molar-refractivity contribution in [1.29, 1.82) is 0 Å². The molecule has 2 aromatic heterocycles. The largest absolute Gasteiger partial charge is 0.490 e. The zero-order valence-corrected chi connectivity index (χ0v) is 9.20. The third-order valence-electron chi connectivity index (χ3n) is 1.71. The van der Waals surface area contributed by atoms with Crippen molar-refractivity contribution >= 4 is 23.2 Å². The second kappa shape index (κ2) is 4.04. The molecule has 0 fully saturated rings. The summed E-state index contributed by atoms with van der Waals surface area (Å²) in [6.07, 6.45) is 4.43. The smallest absolute Gasteiger partial charge is 0.201 e. The Labute approximate surface area is 95.6 Å². The predicted molar refractivity (Wildman–Crippen MR) is 55.7 cm³/mol. The summed E-state index contributed by atoms with van der Waals surface area (Å²) in [5.74, 6) is 0.809. The zero-order chi connectivity index (χ0) is 10.8. The Morgan fingerprint density at radius 1 is 1.33 bits per heavy atom. The van der Waals surface area contributed by atoms with Gasteiger partial charge in [0.05, 0.1) is 24.5 Å². The number of nitrogens with zero attached hydrogens (tertiary/aromatic N) is 4. The molecule has 0 bridgehead atoms. The Kier molecular flexibility index (Phi) is 2.75. The van der Waals surface area contributed by atoms with Crippen LogP contribution in [0.3, 0.4) is 0 Å². The van der Waals surface area contributed by atoms with Gasteiger partial charge in [-0.3, -0.25) is 0 Å². The molecule has 0 aliphatic heterocycles. The van der Waals surface area contributed by atoms with E-state index in [1.54, 1.807) is 6.20 Å². The molecule has 0 N–H and O–H groups in total. The van der Waals surface area contributed by atoms with Crippen LogP contribution in [0.1, 0.15) is 0 Å². The number of aromatic nitrogens is 4. The topological polar surface area (TPSA) is 52.8 Å². The Bertz CT molecular complexity index is 485. The van der Waals surface area contributed by atoms with Gasteiger partial charge >= 0.3 is 0 Å². The average Bonchev–Trinajstić information content (AvgIpc) is 2.64. The number of ether oxygens (including phenoxy) is 1. The van der Waals surface area contributed by atoms with Crippen molar-refractivity contribution in [2.24, 2.45) is 0 Å². The molecule has 0 spiro atoms. The monoisotopic (exact) mass is 244 g/mol. The van der Waals surface area contributed by atoms with E-state index in [0.29, 0.717) is 16.6 Å². The molecule has 78 valence electrons. The third-order valence-corrected chi connectivity index (χ3v) is 2.18. The molecule has 0 saturated heterocycles. The molecule has 2 aromatic rings. The second-order valence-electron chi connectivity index (χ2n) is 2.62. The van der Waals surface area contributed by atoms with Gasteiger partial charge in [-0.15, -0.1) is 0 Å². The van der Waals surface area contributed by atoms with E-state index >= 15 is 0 Å². The van der Waals surface area contributed by atoms with Crippen molar-refractivity contribution in [3.63, 3.8) is 0 Å². The van der Waals surface area contributed by atoms with Crippen molar-refractivity contribution in [3.8, 4) is 11.6 Å². The summed E-state index contributed by atoms with van der Waals surface area (Å²) < 4.78 is 6.55. The summed E-state index contributed by atoms with van der Waals surface area (Å²) in [5.41, 5.74) is 0. The SMILES string of the molecule is COc1c(Cl)ncnc1-n1cc(Cl)cn1. The van der Waals surface area contributed by atoms with Crippen molar-refractivity contribution in [2.45, 2.75) is 0 Å². The van der Waals surface area contributed by atoms with Gasteiger partial charge in [-0.2, -0.15) is 5.10 Å². The fraction of sp³-hybridized carbons (Fsp3) is 0.125. The van der Waals surface area contributed by atoms with Crippen LogP contribution in [0.25, 0.3) is 5.82 Å². The summed E-state index contributed by atoms with van der Waals surface area (Å²) >= 11 is 11.6. The molecule has 15 heavy (non-hydrogen) atoms. The van der Waals surface area contributed by atoms with Gasteiger partial charge in [0.2, 0.25) is 11.6 Å². The van der Waals surface area contributed by atoms with Gasteiger partial charge < -0.3 is 4.74 Å². The van der Waals surface area contributed by atoms with Crippen molar-refractivity contribution in [3.05, 3.63) is 28.9 Å². The quantitative estimate of drug-likeness (QED) is 0.759. The number of rotatable bonds is 2. The summed E-state index contributed by atoms with van der Waals surface area (Å²) in [4.78, 5) is 7.81. The number of hydrogen-bond donors (Lipinski definition) is 0. The summed E-state index contributed by atoms with van der Waals surface area (Å²) in [6.45, 7) is 0. The van der Waals surface area contributed by atoms with E-state index in [9.17, 15) is 0 Å². The molecule has 2 rings (SSSR count). The highest BCUT2D eigenvalue weighted by Gasteiger charge is 2.12. The lowest BCUT2D eigenvalue weighted by atomic mass is 10.5. The molecule has 0 amide bonds. The van der Waals surface area contributed by atoms with Gasteiger partial charge in [-0.05, 0) is 0 Å². The molecule has 0 saturated carbocycles. The maximum Gasteiger partial charge on any atom is 0.201 e. The van der Waals surface area contributed by atoms with Crippen LogP contribution in [-0.4, -0.2) is 26.9 Å². The first kappa shape index (κ1) is 10.2. The van der Waals surface area contributed by atoms with Gasteiger partial charge in [0.15, 0.2) is 5.15 Å². The minimum atomic E-state index is 0.231. The summed E-state index contributed by atoms with van der Waals surface area (Å²) in [7, 11) is 1.49. The lowest BCUT2D eigenvalue weighted by Crippen LogP contribution is -2.02. The average molecular weight is 245 g/mol. The minimum absolute atomic E-state index is 0.231. The summed E-state index contributed by atoms with van der Waals surface area (Å²) in [6, 6.07) is 0. The molecule has 0 radical (unpaired) electrons. The molecule has 7 heteroatoms. The molecule has 5 nitrogen and oxygen atoms in total. The highest BCUT2D eigenvalue weighted by atomic mass is 35.5. The van der Waals surface area contributed by atoms with Crippen LogP contribution in [0, 0.1) is 0 Å². The molecule has 0 aliphatic rings. The molecular weight excluding hydrogens is 239 g/mol. The molecular formula is C8H6Cl2N4O. The van der Waals surface area contributed by atoms with Gasteiger partial charge in [0.25, 0.3) is 0 Å². The molecule has 0 atom stereocenters. The highest BCUT2D eigenvalue weighted by Crippen LogP contribution is 2.27. The van der Waals surface area contributed by atoms with Crippen LogP contribution >= 0.6 is 23.2 Å². The Hall–Kier alpha value is -1.33. The van der Waals surface area contributed by atoms with E-state index in [1.807, 2.05) is 0 Å². The number of hydrogen-bond acceptors (Lipinski definition) is 4. The van der Waals surface area contributed by atoms with Gasteiger partial charge in [-0.25, -0.2) is 14.6 Å². The first-order valence-corrected chi connectivity index (χ1v) is 4.73. The standard InChI is InChI=1S/C8H6Cl2N4O/c1-15-6-7(10)11-4-12-8(6)14-3-5(9)2-13-14/h2-4H,1H3. The summed E-state index contributed by atoms with van der Waals surface area (Å²) in [5, 5.41) is 4.73. The zero-order valence-electron chi connectivity index (χ0n) is 7.69. The number of halogens is 2. The van der Waals surface area contributed by atoms with E-state index in [2.05, 4.69) is 15.1 Å². The molecule has 0 aliphatic carbocycles. The number of methoxy groups -OCH3 is 1.